The largest absolute Gasteiger partial charge is 0.467 e. The first-order valence-corrected chi connectivity index (χ1v) is 9.32. The van der Waals surface area contributed by atoms with E-state index in [0.29, 0.717) is 23.6 Å². The molecule has 0 N–H and O–H groups in total. The molecule has 1 atom stereocenters. The van der Waals surface area contributed by atoms with Crippen LogP contribution in [0, 0.1) is 6.92 Å². The molecule has 0 aliphatic carbocycles. The molecule has 0 spiro atoms. The highest BCUT2D eigenvalue weighted by Gasteiger charge is 2.30. The minimum absolute atomic E-state index is 0.0338. The minimum Gasteiger partial charge on any atom is -0.467 e. The summed E-state index contributed by atoms with van der Waals surface area (Å²) in [5.41, 5.74) is 2.06. The third kappa shape index (κ3) is 3.60. The summed E-state index contributed by atoms with van der Waals surface area (Å²) < 4.78 is 5.62. The molecule has 27 heavy (non-hydrogen) atoms. The highest BCUT2D eigenvalue weighted by Crippen LogP contribution is 2.32. The number of aryl methyl sites for hydroxylation is 1. The van der Waals surface area contributed by atoms with E-state index in [1.807, 2.05) is 36.1 Å². The van der Waals surface area contributed by atoms with Crippen molar-refractivity contribution in [2.45, 2.75) is 38.6 Å². The molecule has 0 aromatic carbocycles. The quantitative estimate of drug-likeness (QED) is 0.698. The molecule has 3 aromatic heterocycles. The number of rotatable bonds is 3. The molecule has 0 radical (unpaired) electrons. The van der Waals surface area contributed by atoms with Crippen molar-refractivity contribution in [2.75, 3.05) is 6.54 Å². The van der Waals surface area contributed by atoms with Crippen LogP contribution in [0.4, 0.5) is 0 Å². The van der Waals surface area contributed by atoms with E-state index in [2.05, 4.69) is 15.0 Å². The van der Waals surface area contributed by atoms with Gasteiger partial charge in [-0.2, -0.15) is 0 Å². The molecule has 0 unspecified atom stereocenters. The van der Waals surface area contributed by atoms with E-state index in [1.165, 1.54) is 0 Å². The van der Waals surface area contributed by atoms with Gasteiger partial charge in [0.1, 0.15) is 5.76 Å². The van der Waals surface area contributed by atoms with Gasteiger partial charge in [0, 0.05) is 30.7 Å². The Morgan fingerprint density at radius 1 is 1.19 bits per heavy atom. The Morgan fingerprint density at radius 3 is 2.85 bits per heavy atom. The molecule has 1 saturated heterocycles. The molecule has 1 amide bonds. The lowest BCUT2D eigenvalue weighted by molar-refractivity contribution is 0.0657. The molecular formula is C21H22N4O2. The second kappa shape index (κ2) is 7.70. The fourth-order valence-electron chi connectivity index (χ4n) is 3.59. The van der Waals surface area contributed by atoms with Gasteiger partial charge in [-0.3, -0.25) is 9.78 Å². The van der Waals surface area contributed by atoms with E-state index < -0.39 is 0 Å². The first-order chi connectivity index (χ1) is 13.2. The first kappa shape index (κ1) is 17.4. The van der Waals surface area contributed by atoms with Crippen molar-refractivity contribution < 1.29 is 9.21 Å². The van der Waals surface area contributed by atoms with E-state index in [-0.39, 0.29) is 11.9 Å². The van der Waals surface area contributed by atoms with E-state index in [9.17, 15) is 4.79 Å². The van der Waals surface area contributed by atoms with Gasteiger partial charge < -0.3 is 9.32 Å². The highest BCUT2D eigenvalue weighted by molar-refractivity contribution is 5.95. The Bertz CT molecular complexity index is 909. The van der Waals surface area contributed by atoms with Crippen molar-refractivity contribution in [1.29, 1.82) is 0 Å². The smallest absolute Gasteiger partial charge is 0.257 e. The predicted molar refractivity (Wildman–Crippen MR) is 101 cm³/mol. The maximum absolute atomic E-state index is 13.3. The minimum atomic E-state index is -0.0348. The fourth-order valence-corrected chi connectivity index (χ4v) is 3.59. The molecule has 1 fully saturated rings. The fraction of sp³-hybridized carbons (Fsp3) is 0.333. The number of pyridine rings is 1. The van der Waals surface area contributed by atoms with Gasteiger partial charge in [0.25, 0.3) is 5.91 Å². The number of aromatic nitrogens is 3. The first-order valence-electron chi connectivity index (χ1n) is 9.32. The lowest BCUT2D eigenvalue weighted by Crippen LogP contribution is -2.35. The van der Waals surface area contributed by atoms with E-state index in [1.54, 1.807) is 24.9 Å². The van der Waals surface area contributed by atoms with Crippen LogP contribution in [0.15, 0.2) is 53.5 Å². The number of amides is 1. The van der Waals surface area contributed by atoms with Gasteiger partial charge in [0.15, 0.2) is 5.82 Å². The Balaban J connectivity index is 1.64. The Hall–Kier alpha value is -3.02. The summed E-state index contributed by atoms with van der Waals surface area (Å²) in [6.45, 7) is 2.57. The summed E-state index contributed by atoms with van der Waals surface area (Å²) in [4.78, 5) is 28.3. The Morgan fingerprint density at radius 2 is 2.11 bits per heavy atom. The summed E-state index contributed by atoms with van der Waals surface area (Å²) in [6, 6.07) is 7.54. The molecule has 1 aliphatic heterocycles. The average Bonchev–Trinajstić information content (AvgIpc) is 3.12. The van der Waals surface area contributed by atoms with Gasteiger partial charge in [0.2, 0.25) is 0 Å². The second-order valence-electron chi connectivity index (χ2n) is 6.81. The molecule has 4 rings (SSSR count). The zero-order valence-corrected chi connectivity index (χ0v) is 15.3. The van der Waals surface area contributed by atoms with Crippen LogP contribution in [0.3, 0.4) is 0 Å². The molecule has 6 heteroatoms. The Kier molecular flexibility index (Phi) is 4.96. The number of nitrogens with zero attached hydrogens (tertiary/aromatic N) is 4. The molecule has 0 bridgehead atoms. The van der Waals surface area contributed by atoms with Crippen molar-refractivity contribution in [3.63, 3.8) is 0 Å². The molecule has 0 saturated carbocycles. The maximum atomic E-state index is 13.3. The molecule has 1 aliphatic rings. The number of carbonyl (C=O) groups is 1. The van der Waals surface area contributed by atoms with Crippen molar-refractivity contribution in [3.05, 3.63) is 66.1 Å². The lowest BCUT2D eigenvalue weighted by Gasteiger charge is -2.29. The number of likely N-dealkylation sites (tertiary alicyclic amines) is 1. The zero-order valence-electron chi connectivity index (χ0n) is 15.3. The standard InChI is InChI=1S/C21H22N4O2/c1-15-17(14-23-20(24-15)16-7-5-10-22-13-16)21(26)25-11-4-2-3-8-18(25)19-9-6-12-27-19/h5-7,9-10,12-14,18H,2-4,8,11H2,1H3/t18-/m0/s1. The van der Waals surface area contributed by atoms with Crippen molar-refractivity contribution in [3.8, 4) is 11.4 Å². The maximum Gasteiger partial charge on any atom is 0.257 e. The molecular weight excluding hydrogens is 340 g/mol. The number of hydrogen-bond donors (Lipinski definition) is 0. The topological polar surface area (TPSA) is 72.1 Å². The number of hydrogen-bond acceptors (Lipinski definition) is 5. The zero-order chi connectivity index (χ0) is 18.6. The van der Waals surface area contributed by atoms with Gasteiger partial charge in [-0.25, -0.2) is 9.97 Å². The van der Waals surface area contributed by atoms with Gasteiger partial charge in [-0.1, -0.05) is 12.8 Å². The third-order valence-electron chi connectivity index (χ3n) is 5.01. The molecule has 4 heterocycles. The molecule has 138 valence electrons. The van der Waals surface area contributed by atoms with Gasteiger partial charge in [-0.15, -0.1) is 0 Å². The summed E-state index contributed by atoms with van der Waals surface area (Å²) in [5, 5.41) is 0. The monoisotopic (exact) mass is 362 g/mol. The van der Waals surface area contributed by atoms with Crippen LogP contribution in [0.25, 0.3) is 11.4 Å². The van der Waals surface area contributed by atoms with Crippen LogP contribution in [0.1, 0.15) is 53.5 Å². The summed E-state index contributed by atoms with van der Waals surface area (Å²) >= 11 is 0. The van der Waals surface area contributed by atoms with Crippen molar-refractivity contribution in [1.82, 2.24) is 19.9 Å². The third-order valence-corrected chi connectivity index (χ3v) is 5.01. The van der Waals surface area contributed by atoms with E-state index in [0.717, 1.165) is 37.0 Å². The van der Waals surface area contributed by atoms with Crippen LogP contribution < -0.4 is 0 Å². The van der Waals surface area contributed by atoms with Crippen molar-refractivity contribution >= 4 is 5.91 Å². The van der Waals surface area contributed by atoms with Crippen LogP contribution in [0.5, 0.6) is 0 Å². The summed E-state index contributed by atoms with van der Waals surface area (Å²) in [5.74, 6) is 1.39. The highest BCUT2D eigenvalue weighted by atomic mass is 16.3. The van der Waals surface area contributed by atoms with Crippen LogP contribution >= 0.6 is 0 Å². The summed E-state index contributed by atoms with van der Waals surface area (Å²) in [7, 11) is 0. The normalized spacial score (nSPS) is 17.5. The Labute approximate surface area is 158 Å². The van der Waals surface area contributed by atoms with Gasteiger partial charge in [-0.05, 0) is 44.0 Å². The van der Waals surface area contributed by atoms with Gasteiger partial charge >= 0.3 is 0 Å². The van der Waals surface area contributed by atoms with Gasteiger partial charge in [0.05, 0.1) is 23.6 Å². The van der Waals surface area contributed by atoms with Crippen LogP contribution in [-0.2, 0) is 0 Å². The number of carbonyl (C=O) groups excluding carboxylic acids is 1. The van der Waals surface area contributed by atoms with E-state index in [4.69, 9.17) is 4.42 Å². The molecule has 3 aromatic rings. The van der Waals surface area contributed by atoms with E-state index >= 15 is 0 Å². The SMILES string of the molecule is Cc1nc(-c2cccnc2)ncc1C(=O)N1CCCCC[C@H]1c1ccco1. The van der Waals surface area contributed by atoms with Crippen LogP contribution in [-0.4, -0.2) is 32.3 Å². The molecule has 6 nitrogen and oxygen atoms in total. The predicted octanol–water partition coefficient (Wildman–Crippen LogP) is 4.20. The summed E-state index contributed by atoms with van der Waals surface area (Å²) in [6.07, 6.45) is 10.8. The second-order valence-corrected chi connectivity index (χ2v) is 6.81. The number of furan rings is 1. The van der Waals surface area contributed by atoms with Crippen molar-refractivity contribution in [2.24, 2.45) is 0 Å². The lowest BCUT2D eigenvalue weighted by atomic mass is 10.1. The average molecular weight is 362 g/mol. The van der Waals surface area contributed by atoms with Crippen LogP contribution in [0.2, 0.25) is 0 Å².